The number of benzene rings is 1. The summed E-state index contributed by atoms with van der Waals surface area (Å²) in [6.07, 6.45) is 6.54. The number of piperidine rings is 1. The quantitative estimate of drug-likeness (QED) is 0.739. The van der Waals surface area contributed by atoms with Crippen LogP contribution >= 0.6 is 23.2 Å². The fourth-order valence-electron chi connectivity index (χ4n) is 4.59. The van der Waals surface area contributed by atoms with Gasteiger partial charge in [-0.25, -0.2) is 0 Å². The van der Waals surface area contributed by atoms with Gasteiger partial charge >= 0.3 is 0 Å². The van der Waals surface area contributed by atoms with Crippen LogP contribution in [-0.4, -0.2) is 37.2 Å². The van der Waals surface area contributed by atoms with Gasteiger partial charge in [-0.1, -0.05) is 29.3 Å². The number of fused-ring (bicyclic) bond motifs is 2. The van der Waals surface area contributed by atoms with E-state index < -0.39 is 0 Å². The molecule has 2 nitrogen and oxygen atoms in total. The third kappa shape index (κ3) is 3.28. The molecule has 4 rings (SSSR count). The molecule has 3 fully saturated rings. The van der Waals surface area contributed by atoms with Crippen molar-refractivity contribution in [2.45, 2.75) is 50.1 Å². The van der Waals surface area contributed by atoms with Gasteiger partial charge in [0.05, 0.1) is 16.7 Å². The maximum absolute atomic E-state index is 6.28. The van der Waals surface area contributed by atoms with Crippen LogP contribution in [0.1, 0.15) is 43.6 Å². The van der Waals surface area contributed by atoms with E-state index in [-0.39, 0.29) is 0 Å². The number of hydrogen-bond acceptors (Lipinski definition) is 2. The molecule has 1 aliphatic carbocycles. The van der Waals surface area contributed by atoms with Crippen LogP contribution in [0.3, 0.4) is 0 Å². The fourth-order valence-corrected chi connectivity index (χ4v) is 4.89. The maximum atomic E-state index is 6.28. The van der Waals surface area contributed by atoms with E-state index in [0.29, 0.717) is 34.0 Å². The summed E-state index contributed by atoms with van der Waals surface area (Å²) in [7, 11) is 2.29. The van der Waals surface area contributed by atoms with Crippen LogP contribution in [0, 0.1) is 11.8 Å². The Morgan fingerprint density at radius 2 is 1.91 bits per heavy atom. The van der Waals surface area contributed by atoms with Gasteiger partial charge in [0.1, 0.15) is 0 Å². The number of ether oxygens (including phenoxy) is 1. The maximum Gasteiger partial charge on any atom is 0.0595 e. The highest BCUT2D eigenvalue weighted by Gasteiger charge is 2.46. The normalized spacial score (nSPS) is 34.0. The first-order valence-corrected chi connectivity index (χ1v) is 9.63. The lowest BCUT2D eigenvalue weighted by atomic mass is 9.76. The van der Waals surface area contributed by atoms with Crippen LogP contribution in [0.25, 0.3) is 0 Å². The summed E-state index contributed by atoms with van der Waals surface area (Å²) in [4.78, 5) is 2.60. The zero-order valence-corrected chi connectivity index (χ0v) is 15.2. The molecule has 1 aromatic carbocycles. The van der Waals surface area contributed by atoms with Crippen molar-refractivity contribution in [3.05, 3.63) is 33.8 Å². The molecule has 4 heteroatoms. The van der Waals surface area contributed by atoms with E-state index in [2.05, 4.69) is 24.1 Å². The van der Waals surface area contributed by atoms with E-state index in [1.54, 1.807) is 0 Å². The van der Waals surface area contributed by atoms with E-state index in [4.69, 9.17) is 27.9 Å². The molecule has 1 saturated carbocycles. The average molecular weight is 354 g/mol. The third-order valence-electron chi connectivity index (χ3n) is 6.16. The molecule has 2 saturated heterocycles. The van der Waals surface area contributed by atoms with Gasteiger partial charge in [0.2, 0.25) is 0 Å². The van der Waals surface area contributed by atoms with Crippen molar-refractivity contribution >= 4 is 23.2 Å². The van der Waals surface area contributed by atoms with Crippen LogP contribution < -0.4 is 0 Å². The minimum atomic E-state index is 0.540. The van der Waals surface area contributed by atoms with Gasteiger partial charge in [0.15, 0.2) is 0 Å². The van der Waals surface area contributed by atoms with Crippen molar-refractivity contribution in [2.75, 3.05) is 20.3 Å². The molecule has 2 bridgehead atoms. The molecular formula is C19H25Cl2NO. The van der Waals surface area contributed by atoms with Crippen molar-refractivity contribution < 1.29 is 4.74 Å². The Labute approximate surface area is 149 Å². The first kappa shape index (κ1) is 16.2. The molecular weight excluding hydrogens is 329 g/mol. The lowest BCUT2D eigenvalue weighted by Crippen LogP contribution is -2.47. The molecule has 126 valence electrons. The molecule has 2 aliphatic heterocycles. The summed E-state index contributed by atoms with van der Waals surface area (Å²) >= 11 is 12.4. The molecule has 0 spiro atoms. The zero-order valence-electron chi connectivity index (χ0n) is 13.7. The number of nitrogens with zero attached hydrogens (tertiary/aromatic N) is 1. The van der Waals surface area contributed by atoms with Crippen LogP contribution in [0.2, 0.25) is 10.0 Å². The van der Waals surface area contributed by atoms with Crippen molar-refractivity contribution in [3.63, 3.8) is 0 Å². The highest BCUT2D eigenvalue weighted by molar-refractivity contribution is 6.42. The Kier molecular flexibility index (Phi) is 4.62. The molecule has 0 aromatic heterocycles. The monoisotopic (exact) mass is 353 g/mol. The number of hydrogen-bond donors (Lipinski definition) is 0. The largest absolute Gasteiger partial charge is 0.381 e. The van der Waals surface area contributed by atoms with Crippen molar-refractivity contribution in [1.82, 2.24) is 4.90 Å². The molecule has 1 aromatic rings. The Hall–Kier alpha value is -0.280. The minimum Gasteiger partial charge on any atom is -0.381 e. The Bertz CT molecular complexity index is 574. The van der Waals surface area contributed by atoms with Crippen molar-refractivity contribution in [1.29, 1.82) is 0 Å². The van der Waals surface area contributed by atoms with Crippen LogP contribution in [-0.2, 0) is 4.74 Å². The number of halogens is 2. The second-order valence-corrected chi connectivity index (χ2v) is 8.44. The van der Waals surface area contributed by atoms with Gasteiger partial charge < -0.3 is 9.64 Å². The van der Waals surface area contributed by atoms with Gasteiger partial charge in [0.25, 0.3) is 0 Å². The molecule has 23 heavy (non-hydrogen) atoms. The molecule has 0 radical (unpaired) electrons. The Morgan fingerprint density at radius 3 is 2.65 bits per heavy atom. The summed E-state index contributed by atoms with van der Waals surface area (Å²) in [5, 5.41) is 1.32. The SMILES string of the molecule is CN1C2CC[C@@H]1[C@H](COCC1CC1)[C@@H](c1ccc(Cl)c(Cl)c1)C2. The van der Waals surface area contributed by atoms with E-state index in [0.717, 1.165) is 19.1 Å². The average Bonchev–Trinajstić information content (AvgIpc) is 3.31. The lowest BCUT2D eigenvalue weighted by molar-refractivity contribution is 0.0176. The first-order valence-electron chi connectivity index (χ1n) is 8.88. The van der Waals surface area contributed by atoms with Gasteiger partial charge in [0, 0.05) is 24.6 Å². The van der Waals surface area contributed by atoms with E-state index >= 15 is 0 Å². The van der Waals surface area contributed by atoms with Crippen LogP contribution in [0.5, 0.6) is 0 Å². The predicted octanol–water partition coefficient (Wildman–Crippen LogP) is 4.99. The van der Waals surface area contributed by atoms with Crippen molar-refractivity contribution in [2.24, 2.45) is 11.8 Å². The molecule has 1 unspecified atom stereocenters. The number of rotatable bonds is 5. The van der Waals surface area contributed by atoms with Gasteiger partial charge in [-0.15, -0.1) is 0 Å². The second-order valence-electron chi connectivity index (χ2n) is 7.62. The summed E-state index contributed by atoms with van der Waals surface area (Å²) in [6, 6.07) is 7.54. The Balaban J connectivity index is 1.55. The van der Waals surface area contributed by atoms with E-state index in [1.807, 2.05) is 6.07 Å². The molecule has 3 aliphatic rings. The van der Waals surface area contributed by atoms with Gasteiger partial charge in [-0.3, -0.25) is 0 Å². The molecule has 0 amide bonds. The molecule has 0 N–H and O–H groups in total. The third-order valence-corrected chi connectivity index (χ3v) is 6.90. The van der Waals surface area contributed by atoms with E-state index in [9.17, 15) is 0 Å². The van der Waals surface area contributed by atoms with E-state index in [1.165, 1.54) is 37.7 Å². The smallest absolute Gasteiger partial charge is 0.0595 e. The Morgan fingerprint density at radius 1 is 1.09 bits per heavy atom. The summed E-state index contributed by atoms with van der Waals surface area (Å²) in [5.74, 6) is 1.93. The van der Waals surface area contributed by atoms with Gasteiger partial charge in [-0.2, -0.15) is 0 Å². The standard InChI is InChI=1S/C19H25Cl2NO/c1-22-14-5-7-19(22)16(11-23-10-12-2-3-12)15(9-14)13-4-6-17(20)18(21)8-13/h4,6,8,12,14-16,19H,2-3,5,7,9-11H2,1H3/t14?,15-,16-,19-/m1/s1. The highest BCUT2D eigenvalue weighted by atomic mass is 35.5. The molecule has 2 heterocycles. The fraction of sp³-hybridized carbons (Fsp3) is 0.684. The summed E-state index contributed by atoms with van der Waals surface area (Å²) in [5.41, 5.74) is 1.34. The topological polar surface area (TPSA) is 12.5 Å². The highest BCUT2D eigenvalue weighted by Crippen LogP contribution is 2.47. The lowest BCUT2D eigenvalue weighted by Gasteiger charge is -2.43. The predicted molar refractivity (Wildman–Crippen MR) is 95.4 cm³/mol. The van der Waals surface area contributed by atoms with Crippen LogP contribution in [0.15, 0.2) is 18.2 Å². The zero-order chi connectivity index (χ0) is 16.0. The van der Waals surface area contributed by atoms with Crippen molar-refractivity contribution in [3.8, 4) is 0 Å². The summed E-state index contributed by atoms with van der Waals surface area (Å²) < 4.78 is 6.12. The molecule has 4 atom stereocenters. The van der Waals surface area contributed by atoms with Gasteiger partial charge in [-0.05, 0) is 68.7 Å². The van der Waals surface area contributed by atoms with Crippen LogP contribution in [0.4, 0.5) is 0 Å². The second kappa shape index (κ2) is 6.55. The minimum absolute atomic E-state index is 0.540. The first-order chi connectivity index (χ1) is 11.1. The summed E-state index contributed by atoms with van der Waals surface area (Å²) in [6.45, 7) is 1.83.